The number of piperazine rings is 1. The second-order valence-electron chi connectivity index (χ2n) is 6.15. The maximum Gasteiger partial charge on any atom is 0.227 e. The quantitative estimate of drug-likeness (QED) is 0.866. The lowest BCUT2D eigenvalue weighted by atomic mass is 10.1. The van der Waals surface area contributed by atoms with Gasteiger partial charge in [0.15, 0.2) is 0 Å². The minimum atomic E-state index is -0.166. The Morgan fingerprint density at radius 3 is 2.46 bits per heavy atom. The second kappa shape index (κ2) is 7.53. The van der Waals surface area contributed by atoms with Gasteiger partial charge in [0.2, 0.25) is 5.91 Å². The van der Waals surface area contributed by atoms with Crippen LogP contribution in [0.5, 0.6) is 0 Å². The van der Waals surface area contributed by atoms with E-state index < -0.39 is 0 Å². The molecule has 1 aliphatic heterocycles. The van der Waals surface area contributed by atoms with Crippen LogP contribution >= 0.6 is 0 Å². The van der Waals surface area contributed by atoms with E-state index in [1.807, 2.05) is 36.1 Å². The smallest absolute Gasteiger partial charge is 0.227 e. The van der Waals surface area contributed by atoms with Crippen LogP contribution in [0.25, 0.3) is 0 Å². The molecule has 2 heterocycles. The number of halogens is 1. The van der Waals surface area contributed by atoms with Crippen LogP contribution in [0.3, 0.4) is 0 Å². The van der Waals surface area contributed by atoms with Crippen LogP contribution in [-0.4, -0.2) is 46.9 Å². The molecule has 0 spiro atoms. The molecule has 1 aromatic heterocycles. The molecule has 1 fully saturated rings. The van der Waals surface area contributed by atoms with Crippen LogP contribution in [0.2, 0.25) is 0 Å². The maximum atomic E-state index is 13.9. The largest absolute Gasteiger partial charge is 0.340 e. The molecule has 0 unspecified atom stereocenters. The molecule has 1 aliphatic rings. The highest BCUT2D eigenvalue weighted by Crippen LogP contribution is 2.24. The van der Waals surface area contributed by atoms with Crippen molar-refractivity contribution < 1.29 is 9.18 Å². The number of carbonyl (C=O) groups is 1. The summed E-state index contributed by atoms with van der Waals surface area (Å²) >= 11 is 0. The monoisotopic (exact) mass is 327 g/mol. The SMILES string of the molecule is C[C@H](c1ccccc1F)N1CCN(C(=O)Cc2ccncc2)CC1. The molecular formula is C19H22FN3O. The summed E-state index contributed by atoms with van der Waals surface area (Å²) in [5.41, 5.74) is 1.70. The number of hydrogen-bond donors (Lipinski definition) is 0. The third-order valence-electron chi connectivity index (χ3n) is 4.67. The number of amides is 1. The highest BCUT2D eigenvalue weighted by atomic mass is 19.1. The van der Waals surface area contributed by atoms with Gasteiger partial charge in [-0.25, -0.2) is 4.39 Å². The van der Waals surface area contributed by atoms with E-state index in [0.29, 0.717) is 25.1 Å². The lowest BCUT2D eigenvalue weighted by Gasteiger charge is -2.38. The van der Waals surface area contributed by atoms with Crippen molar-refractivity contribution >= 4 is 5.91 Å². The Morgan fingerprint density at radius 2 is 1.79 bits per heavy atom. The van der Waals surface area contributed by atoms with Crippen molar-refractivity contribution in [3.05, 3.63) is 65.7 Å². The Morgan fingerprint density at radius 1 is 1.12 bits per heavy atom. The zero-order valence-electron chi connectivity index (χ0n) is 13.9. The summed E-state index contributed by atoms with van der Waals surface area (Å²) in [6.07, 6.45) is 3.82. The normalized spacial score (nSPS) is 16.8. The van der Waals surface area contributed by atoms with Crippen molar-refractivity contribution in [2.24, 2.45) is 0 Å². The summed E-state index contributed by atoms with van der Waals surface area (Å²) in [7, 11) is 0. The average molecular weight is 327 g/mol. The van der Waals surface area contributed by atoms with Gasteiger partial charge in [0.1, 0.15) is 5.82 Å². The Kier molecular flexibility index (Phi) is 5.20. The number of rotatable bonds is 4. The molecule has 4 nitrogen and oxygen atoms in total. The first-order valence-electron chi connectivity index (χ1n) is 8.30. The van der Waals surface area contributed by atoms with Gasteiger partial charge < -0.3 is 4.90 Å². The fourth-order valence-electron chi connectivity index (χ4n) is 3.16. The molecule has 5 heteroatoms. The van der Waals surface area contributed by atoms with Gasteiger partial charge in [-0.05, 0) is 30.7 Å². The van der Waals surface area contributed by atoms with E-state index in [1.165, 1.54) is 6.07 Å². The molecule has 0 N–H and O–H groups in total. The number of hydrogen-bond acceptors (Lipinski definition) is 3. The van der Waals surface area contributed by atoms with Gasteiger partial charge in [0, 0.05) is 50.2 Å². The molecule has 1 atom stereocenters. The first-order chi connectivity index (χ1) is 11.6. The summed E-state index contributed by atoms with van der Waals surface area (Å²) in [6.45, 7) is 4.91. The van der Waals surface area contributed by atoms with Crippen molar-refractivity contribution in [3.63, 3.8) is 0 Å². The topological polar surface area (TPSA) is 36.4 Å². The summed E-state index contributed by atoms with van der Waals surface area (Å²) in [5.74, 6) is -0.0272. The third kappa shape index (κ3) is 3.79. The van der Waals surface area contributed by atoms with E-state index in [2.05, 4.69) is 9.88 Å². The van der Waals surface area contributed by atoms with Crippen molar-refractivity contribution in [2.75, 3.05) is 26.2 Å². The van der Waals surface area contributed by atoms with E-state index in [1.54, 1.807) is 18.5 Å². The third-order valence-corrected chi connectivity index (χ3v) is 4.67. The Hall–Kier alpha value is -2.27. The van der Waals surface area contributed by atoms with Crippen molar-refractivity contribution in [1.82, 2.24) is 14.8 Å². The Labute approximate surface area is 141 Å². The molecule has 0 bridgehead atoms. The van der Waals surface area contributed by atoms with Crippen molar-refractivity contribution in [3.8, 4) is 0 Å². The van der Waals surface area contributed by atoms with Crippen LogP contribution in [0.15, 0.2) is 48.8 Å². The molecule has 24 heavy (non-hydrogen) atoms. The van der Waals surface area contributed by atoms with Gasteiger partial charge in [-0.2, -0.15) is 0 Å². The molecule has 0 aliphatic carbocycles. The first-order valence-corrected chi connectivity index (χ1v) is 8.30. The van der Waals surface area contributed by atoms with E-state index >= 15 is 0 Å². The predicted octanol–water partition coefficient (Wildman–Crippen LogP) is 2.67. The van der Waals surface area contributed by atoms with Gasteiger partial charge >= 0.3 is 0 Å². The minimum absolute atomic E-state index is 0.0173. The van der Waals surface area contributed by atoms with Gasteiger partial charge in [-0.15, -0.1) is 0 Å². The zero-order chi connectivity index (χ0) is 16.9. The van der Waals surface area contributed by atoms with Gasteiger partial charge in [-0.1, -0.05) is 18.2 Å². The standard InChI is InChI=1S/C19H22FN3O/c1-15(17-4-2-3-5-18(17)20)22-10-12-23(13-11-22)19(24)14-16-6-8-21-9-7-16/h2-9,15H,10-14H2,1H3/t15-/m1/s1. The summed E-state index contributed by atoms with van der Waals surface area (Å²) in [4.78, 5) is 20.5. The summed E-state index contributed by atoms with van der Waals surface area (Å²) < 4.78 is 13.9. The molecular weight excluding hydrogens is 305 g/mol. The highest BCUT2D eigenvalue weighted by molar-refractivity contribution is 5.78. The molecule has 126 valence electrons. The predicted molar refractivity (Wildman–Crippen MR) is 90.9 cm³/mol. The van der Waals surface area contributed by atoms with Crippen molar-refractivity contribution in [2.45, 2.75) is 19.4 Å². The Bertz CT molecular complexity index is 684. The van der Waals surface area contributed by atoms with Crippen LogP contribution in [0.1, 0.15) is 24.1 Å². The fourth-order valence-corrected chi connectivity index (χ4v) is 3.16. The van der Waals surface area contributed by atoms with Crippen LogP contribution in [0.4, 0.5) is 4.39 Å². The van der Waals surface area contributed by atoms with E-state index in [9.17, 15) is 9.18 Å². The second-order valence-corrected chi connectivity index (χ2v) is 6.15. The minimum Gasteiger partial charge on any atom is -0.340 e. The van der Waals surface area contributed by atoms with Crippen LogP contribution in [-0.2, 0) is 11.2 Å². The molecule has 1 saturated heterocycles. The summed E-state index contributed by atoms with van der Waals surface area (Å²) in [5, 5.41) is 0. The molecule has 2 aromatic rings. The van der Waals surface area contributed by atoms with E-state index in [-0.39, 0.29) is 17.8 Å². The van der Waals surface area contributed by atoms with Gasteiger partial charge in [0.25, 0.3) is 0 Å². The molecule has 1 amide bonds. The van der Waals surface area contributed by atoms with E-state index in [4.69, 9.17) is 0 Å². The lowest BCUT2D eigenvalue weighted by molar-refractivity contribution is -0.132. The number of nitrogens with zero attached hydrogens (tertiary/aromatic N) is 3. The van der Waals surface area contributed by atoms with Gasteiger partial charge in [-0.3, -0.25) is 14.7 Å². The molecule has 0 saturated carbocycles. The first kappa shape index (κ1) is 16.6. The van der Waals surface area contributed by atoms with Crippen LogP contribution < -0.4 is 0 Å². The molecule has 1 aromatic carbocycles. The fraction of sp³-hybridized carbons (Fsp3) is 0.368. The maximum absolute atomic E-state index is 13.9. The molecule has 0 radical (unpaired) electrons. The number of pyridine rings is 1. The van der Waals surface area contributed by atoms with E-state index in [0.717, 1.165) is 18.7 Å². The van der Waals surface area contributed by atoms with Gasteiger partial charge in [0.05, 0.1) is 6.42 Å². The average Bonchev–Trinajstić information content (AvgIpc) is 2.62. The van der Waals surface area contributed by atoms with Crippen molar-refractivity contribution in [1.29, 1.82) is 0 Å². The Balaban J connectivity index is 1.56. The number of benzene rings is 1. The zero-order valence-corrected chi connectivity index (χ0v) is 13.9. The molecule has 3 rings (SSSR count). The lowest BCUT2D eigenvalue weighted by Crippen LogP contribution is -2.49. The number of aromatic nitrogens is 1. The highest BCUT2D eigenvalue weighted by Gasteiger charge is 2.25. The number of carbonyl (C=O) groups excluding carboxylic acids is 1. The summed E-state index contributed by atoms with van der Waals surface area (Å²) in [6, 6.07) is 10.7. The van der Waals surface area contributed by atoms with Crippen LogP contribution in [0, 0.1) is 5.82 Å².